The molecule has 0 aliphatic carbocycles. The topological polar surface area (TPSA) is 73.8 Å². The Morgan fingerprint density at radius 3 is 2.49 bits per heavy atom. The maximum absolute atomic E-state index is 14.3. The van der Waals surface area contributed by atoms with Gasteiger partial charge >= 0.3 is 0 Å². The van der Waals surface area contributed by atoms with Gasteiger partial charge in [-0.15, -0.1) is 24.8 Å². The number of carbonyl (C=O) groups excluding carboxylic acids is 1. The Hall–Kier alpha value is -1.95. The van der Waals surface area contributed by atoms with E-state index in [1.807, 2.05) is 11.0 Å². The summed E-state index contributed by atoms with van der Waals surface area (Å²) >= 11 is 0. The van der Waals surface area contributed by atoms with Crippen LogP contribution in [0.25, 0.3) is 0 Å². The summed E-state index contributed by atoms with van der Waals surface area (Å²) in [6.07, 6.45) is 0.169. The number of morpholine rings is 1. The van der Waals surface area contributed by atoms with Crippen LogP contribution in [0.15, 0.2) is 24.3 Å². The van der Waals surface area contributed by atoms with Crippen LogP contribution in [0.1, 0.15) is 51.6 Å². The van der Waals surface area contributed by atoms with Crippen molar-refractivity contribution in [1.82, 2.24) is 25.3 Å². The molecular formula is C29H42Cl2F2N6O2. The van der Waals surface area contributed by atoms with Gasteiger partial charge in [0.15, 0.2) is 0 Å². The Balaban J connectivity index is 0.00000231. The maximum atomic E-state index is 14.3. The quantitative estimate of drug-likeness (QED) is 0.533. The standard InChI is InChI=1S/C29H40F2N6O2.2ClH/c1-18-12-35(24(11-32-18)13-36-19(2)15-39-16-20(36)3)14-27(38)37-17-29(4,5)28-26(37)10-23(33-34-28)8-21-6-7-22(30)9-25(21)31;;/h6-7,9-10,18-20,24,32H,8,11-17H2,1-5H3;2*1H/t18-,19-,20-,24-;;/m1../s1. The molecule has 2 fully saturated rings. The summed E-state index contributed by atoms with van der Waals surface area (Å²) < 4.78 is 33.4. The van der Waals surface area contributed by atoms with Crippen LogP contribution in [0, 0.1) is 11.6 Å². The van der Waals surface area contributed by atoms with Gasteiger partial charge in [-0.2, -0.15) is 10.2 Å². The number of halogens is 4. The SMILES string of the molecule is C[C@@H]1CN(CC(=O)N2CC(C)(C)c3nnc(Cc4ccc(F)cc4F)cc32)[C@@H](CN2[C@H](C)COC[C@H]2C)CN1.Cl.Cl. The van der Waals surface area contributed by atoms with Crippen molar-refractivity contribution in [2.45, 2.75) is 70.6 Å². The molecule has 228 valence electrons. The fourth-order valence-electron chi connectivity index (χ4n) is 6.14. The third-order valence-electron chi connectivity index (χ3n) is 8.33. The number of hydrogen-bond acceptors (Lipinski definition) is 7. The number of piperazine rings is 1. The molecule has 1 aromatic carbocycles. The van der Waals surface area contributed by atoms with Gasteiger partial charge in [-0.25, -0.2) is 8.78 Å². The second-order valence-electron chi connectivity index (χ2n) is 12.2. The number of hydrogen-bond donors (Lipinski definition) is 1. The van der Waals surface area contributed by atoms with Gasteiger partial charge in [-0.3, -0.25) is 14.6 Å². The van der Waals surface area contributed by atoms with Crippen molar-refractivity contribution < 1.29 is 18.3 Å². The largest absolute Gasteiger partial charge is 0.378 e. The average Bonchev–Trinajstić information content (AvgIpc) is 3.14. The average molecular weight is 616 g/mol. The minimum absolute atomic E-state index is 0. The molecule has 0 radical (unpaired) electrons. The van der Waals surface area contributed by atoms with Crippen LogP contribution in [-0.2, 0) is 21.4 Å². The predicted molar refractivity (Wildman–Crippen MR) is 160 cm³/mol. The highest BCUT2D eigenvalue weighted by molar-refractivity contribution is 5.97. The summed E-state index contributed by atoms with van der Waals surface area (Å²) in [5, 5.41) is 12.4. The second kappa shape index (κ2) is 13.6. The zero-order valence-corrected chi connectivity index (χ0v) is 26.0. The molecule has 2 aromatic rings. The number of ether oxygens (including phenoxy) is 1. The van der Waals surface area contributed by atoms with E-state index in [2.05, 4.69) is 59.9 Å². The van der Waals surface area contributed by atoms with Gasteiger partial charge in [-0.05, 0) is 38.5 Å². The molecule has 1 N–H and O–H groups in total. The first kappa shape index (κ1) is 33.6. The molecule has 0 spiro atoms. The van der Waals surface area contributed by atoms with Crippen LogP contribution in [0.4, 0.5) is 14.5 Å². The third-order valence-corrected chi connectivity index (χ3v) is 8.33. The van der Waals surface area contributed by atoms with Gasteiger partial charge in [0.05, 0.1) is 36.8 Å². The van der Waals surface area contributed by atoms with Crippen LogP contribution in [-0.4, -0.2) is 96.0 Å². The molecule has 4 atom stereocenters. The van der Waals surface area contributed by atoms with E-state index >= 15 is 0 Å². The molecule has 3 aliphatic rings. The van der Waals surface area contributed by atoms with E-state index < -0.39 is 11.6 Å². The molecule has 8 nitrogen and oxygen atoms in total. The first-order chi connectivity index (χ1) is 18.5. The lowest BCUT2D eigenvalue weighted by Gasteiger charge is -2.46. The van der Waals surface area contributed by atoms with Gasteiger partial charge in [0.1, 0.15) is 11.6 Å². The van der Waals surface area contributed by atoms with Crippen LogP contribution < -0.4 is 10.2 Å². The van der Waals surface area contributed by atoms with Crippen LogP contribution >= 0.6 is 24.8 Å². The van der Waals surface area contributed by atoms with Crippen molar-refractivity contribution in [3.8, 4) is 0 Å². The van der Waals surface area contributed by atoms with E-state index in [1.165, 1.54) is 12.1 Å². The van der Waals surface area contributed by atoms with Crippen molar-refractivity contribution >= 4 is 36.4 Å². The highest BCUT2D eigenvalue weighted by atomic mass is 35.5. The molecule has 3 aliphatic heterocycles. The van der Waals surface area contributed by atoms with Crippen molar-refractivity contribution in [3.05, 3.63) is 52.9 Å². The molecule has 4 heterocycles. The van der Waals surface area contributed by atoms with Crippen molar-refractivity contribution in [3.63, 3.8) is 0 Å². The Morgan fingerprint density at radius 2 is 1.80 bits per heavy atom. The van der Waals surface area contributed by atoms with Gasteiger partial charge in [0.2, 0.25) is 5.91 Å². The number of nitrogens with one attached hydrogen (secondary N) is 1. The first-order valence-corrected chi connectivity index (χ1v) is 13.9. The Kier molecular flexibility index (Phi) is 11.1. The number of benzene rings is 1. The molecule has 0 bridgehead atoms. The minimum atomic E-state index is -0.618. The van der Waals surface area contributed by atoms with E-state index in [4.69, 9.17) is 4.74 Å². The molecule has 5 rings (SSSR count). The van der Waals surface area contributed by atoms with Gasteiger partial charge in [0, 0.05) is 68.2 Å². The number of anilines is 1. The number of rotatable bonds is 6. The van der Waals surface area contributed by atoms with E-state index in [-0.39, 0.29) is 48.6 Å². The molecule has 1 amide bonds. The normalized spacial score (nSPS) is 26.2. The Labute approximate surface area is 254 Å². The summed E-state index contributed by atoms with van der Waals surface area (Å²) in [6.45, 7) is 15.4. The summed E-state index contributed by atoms with van der Waals surface area (Å²) in [7, 11) is 0. The summed E-state index contributed by atoms with van der Waals surface area (Å²) in [4.78, 5) is 20.5. The Morgan fingerprint density at radius 1 is 1.10 bits per heavy atom. The summed E-state index contributed by atoms with van der Waals surface area (Å²) in [5.74, 6) is -1.21. The van der Waals surface area contributed by atoms with Crippen LogP contribution in [0.2, 0.25) is 0 Å². The number of amides is 1. The van der Waals surface area contributed by atoms with Gasteiger partial charge in [-0.1, -0.05) is 19.9 Å². The monoisotopic (exact) mass is 614 g/mol. The minimum Gasteiger partial charge on any atom is -0.378 e. The fourth-order valence-corrected chi connectivity index (χ4v) is 6.14. The molecule has 1 aromatic heterocycles. The maximum Gasteiger partial charge on any atom is 0.241 e. The molecular weight excluding hydrogens is 573 g/mol. The lowest BCUT2D eigenvalue weighted by atomic mass is 9.91. The van der Waals surface area contributed by atoms with Gasteiger partial charge < -0.3 is 15.0 Å². The smallest absolute Gasteiger partial charge is 0.241 e. The molecule has 0 unspecified atom stereocenters. The van der Waals surface area contributed by atoms with E-state index in [9.17, 15) is 13.6 Å². The molecule has 41 heavy (non-hydrogen) atoms. The lowest BCUT2D eigenvalue weighted by molar-refractivity contribution is -0.121. The number of fused-ring (bicyclic) bond motifs is 1. The second-order valence-corrected chi connectivity index (χ2v) is 12.2. The first-order valence-electron chi connectivity index (χ1n) is 13.9. The molecule has 0 saturated carbocycles. The molecule has 12 heteroatoms. The van der Waals surface area contributed by atoms with Crippen LogP contribution in [0.3, 0.4) is 0 Å². The third kappa shape index (κ3) is 7.35. The highest BCUT2D eigenvalue weighted by Gasteiger charge is 2.41. The summed E-state index contributed by atoms with van der Waals surface area (Å²) in [5.41, 5.74) is 2.02. The highest BCUT2D eigenvalue weighted by Crippen LogP contribution is 2.39. The van der Waals surface area contributed by atoms with Crippen molar-refractivity contribution in [1.29, 1.82) is 0 Å². The predicted octanol–water partition coefficient (Wildman–Crippen LogP) is 3.58. The number of aromatic nitrogens is 2. The number of nitrogens with zero attached hydrogens (tertiary/aromatic N) is 5. The van der Waals surface area contributed by atoms with E-state index in [1.54, 1.807) is 0 Å². The summed E-state index contributed by atoms with van der Waals surface area (Å²) in [6, 6.07) is 6.54. The lowest BCUT2D eigenvalue weighted by Crippen LogP contribution is -2.63. The Bertz CT molecular complexity index is 1210. The van der Waals surface area contributed by atoms with Crippen LogP contribution in [0.5, 0.6) is 0 Å². The van der Waals surface area contributed by atoms with E-state index in [0.717, 1.165) is 50.3 Å². The zero-order chi connectivity index (χ0) is 27.9. The molecule has 2 saturated heterocycles. The fraction of sp³-hybridized carbons (Fsp3) is 0.621. The number of carbonyl (C=O) groups is 1. The van der Waals surface area contributed by atoms with Crippen molar-refractivity contribution in [2.24, 2.45) is 0 Å². The van der Waals surface area contributed by atoms with Gasteiger partial charge in [0.25, 0.3) is 0 Å². The zero-order valence-electron chi connectivity index (χ0n) is 24.4. The van der Waals surface area contributed by atoms with Crippen molar-refractivity contribution in [2.75, 3.05) is 50.8 Å². The van der Waals surface area contributed by atoms with E-state index in [0.29, 0.717) is 42.5 Å².